The minimum Gasteiger partial charge on any atom is -0.497 e. The van der Waals surface area contributed by atoms with Crippen LogP contribution in [-0.2, 0) is 9.53 Å². The lowest BCUT2D eigenvalue weighted by molar-refractivity contribution is -0.139. The lowest BCUT2D eigenvalue weighted by Gasteiger charge is -2.40. The third-order valence-electron chi connectivity index (χ3n) is 6.32. The zero-order valence-electron chi connectivity index (χ0n) is 21.8. The molecule has 1 aromatic carbocycles. The summed E-state index contributed by atoms with van der Waals surface area (Å²) in [6.07, 6.45) is 0. The SMILES string of the molecule is CCNC(=O)N1CCN(CC2=C(C(=O)OCC)[C@@H](c3cc(OC)cc(OC)c3)NC(=O)N2CC)CC1. The van der Waals surface area contributed by atoms with Crippen LogP contribution in [0, 0.1) is 0 Å². The molecule has 11 heteroatoms. The molecule has 0 aliphatic carbocycles. The summed E-state index contributed by atoms with van der Waals surface area (Å²) in [5, 5.41) is 5.79. The van der Waals surface area contributed by atoms with Gasteiger partial charge in [0.2, 0.25) is 0 Å². The summed E-state index contributed by atoms with van der Waals surface area (Å²) in [5.74, 6) is 0.601. The summed E-state index contributed by atoms with van der Waals surface area (Å²) in [5.41, 5.74) is 1.62. The first-order chi connectivity index (χ1) is 17.4. The fourth-order valence-corrected chi connectivity index (χ4v) is 4.49. The topological polar surface area (TPSA) is 113 Å². The lowest BCUT2D eigenvalue weighted by Crippen LogP contribution is -2.55. The molecule has 36 heavy (non-hydrogen) atoms. The molecule has 2 aliphatic rings. The van der Waals surface area contributed by atoms with Crippen LogP contribution in [0.5, 0.6) is 11.5 Å². The first-order valence-corrected chi connectivity index (χ1v) is 12.3. The zero-order chi connectivity index (χ0) is 26.2. The van der Waals surface area contributed by atoms with Crippen LogP contribution in [0.15, 0.2) is 29.5 Å². The molecule has 4 amide bonds. The smallest absolute Gasteiger partial charge is 0.338 e. The van der Waals surface area contributed by atoms with Crippen LogP contribution in [0.25, 0.3) is 0 Å². The molecule has 198 valence electrons. The van der Waals surface area contributed by atoms with E-state index in [0.717, 1.165) is 0 Å². The molecule has 11 nitrogen and oxygen atoms in total. The molecule has 0 unspecified atom stereocenters. The molecule has 0 aromatic heterocycles. The number of nitrogens with zero attached hydrogens (tertiary/aromatic N) is 3. The van der Waals surface area contributed by atoms with Gasteiger partial charge < -0.3 is 29.7 Å². The number of piperazine rings is 1. The van der Waals surface area contributed by atoms with E-state index in [1.165, 1.54) is 0 Å². The quantitative estimate of drug-likeness (QED) is 0.496. The minimum absolute atomic E-state index is 0.0807. The van der Waals surface area contributed by atoms with Gasteiger partial charge in [0.1, 0.15) is 11.5 Å². The number of benzene rings is 1. The molecule has 0 spiro atoms. The molecule has 3 rings (SSSR count). The second kappa shape index (κ2) is 12.5. The highest BCUT2D eigenvalue weighted by atomic mass is 16.5. The van der Waals surface area contributed by atoms with Gasteiger partial charge in [0.05, 0.1) is 32.4 Å². The summed E-state index contributed by atoms with van der Waals surface area (Å²) in [6, 6.07) is 4.16. The summed E-state index contributed by atoms with van der Waals surface area (Å²) in [6.45, 7) is 9.39. The van der Waals surface area contributed by atoms with E-state index >= 15 is 0 Å². The van der Waals surface area contributed by atoms with E-state index in [4.69, 9.17) is 14.2 Å². The molecule has 1 aromatic rings. The van der Waals surface area contributed by atoms with Crippen molar-refractivity contribution in [2.75, 3.05) is 66.6 Å². The summed E-state index contributed by atoms with van der Waals surface area (Å²) >= 11 is 0. The third kappa shape index (κ3) is 6.01. The van der Waals surface area contributed by atoms with Crippen LogP contribution in [-0.4, -0.2) is 99.4 Å². The average Bonchev–Trinajstić information content (AvgIpc) is 2.88. The van der Waals surface area contributed by atoms with Crippen molar-refractivity contribution >= 4 is 18.0 Å². The van der Waals surface area contributed by atoms with Crippen LogP contribution in [0.2, 0.25) is 0 Å². The first-order valence-electron chi connectivity index (χ1n) is 12.3. The molecule has 2 N–H and O–H groups in total. The van der Waals surface area contributed by atoms with Crippen LogP contribution in [0.1, 0.15) is 32.4 Å². The van der Waals surface area contributed by atoms with E-state index in [1.807, 2.05) is 13.8 Å². The molecule has 2 aliphatic heterocycles. The Balaban J connectivity index is 2.00. The number of hydrogen-bond acceptors (Lipinski definition) is 7. The Morgan fingerprint density at radius 3 is 2.19 bits per heavy atom. The van der Waals surface area contributed by atoms with Crippen molar-refractivity contribution in [2.45, 2.75) is 26.8 Å². The number of urea groups is 2. The first kappa shape index (κ1) is 27.1. The highest BCUT2D eigenvalue weighted by molar-refractivity contribution is 5.95. The Bertz CT molecular complexity index is 967. The second-order valence-electron chi connectivity index (χ2n) is 8.45. The van der Waals surface area contributed by atoms with Crippen LogP contribution in [0.4, 0.5) is 9.59 Å². The van der Waals surface area contributed by atoms with Crippen LogP contribution >= 0.6 is 0 Å². The number of esters is 1. The fourth-order valence-electron chi connectivity index (χ4n) is 4.49. The van der Waals surface area contributed by atoms with Gasteiger partial charge in [-0.15, -0.1) is 0 Å². The number of likely N-dealkylation sites (N-methyl/N-ethyl adjacent to an activating group) is 1. The number of amides is 4. The van der Waals surface area contributed by atoms with E-state index in [1.54, 1.807) is 49.1 Å². The largest absolute Gasteiger partial charge is 0.497 e. The number of rotatable bonds is 9. The highest BCUT2D eigenvalue weighted by Gasteiger charge is 2.39. The lowest BCUT2D eigenvalue weighted by atomic mass is 9.93. The Labute approximate surface area is 212 Å². The number of methoxy groups -OCH3 is 2. The maximum absolute atomic E-state index is 13.3. The highest BCUT2D eigenvalue weighted by Crippen LogP contribution is 2.35. The number of carbonyl (C=O) groups is 3. The van der Waals surface area contributed by atoms with Gasteiger partial charge in [0.15, 0.2) is 0 Å². The number of hydrogen-bond donors (Lipinski definition) is 2. The maximum atomic E-state index is 13.3. The van der Waals surface area contributed by atoms with E-state index in [9.17, 15) is 14.4 Å². The summed E-state index contributed by atoms with van der Waals surface area (Å²) in [4.78, 5) is 44.2. The van der Waals surface area contributed by atoms with Crippen molar-refractivity contribution in [1.82, 2.24) is 25.3 Å². The molecular formula is C25H37N5O6. The summed E-state index contributed by atoms with van der Waals surface area (Å²) in [7, 11) is 3.09. The summed E-state index contributed by atoms with van der Waals surface area (Å²) < 4.78 is 16.3. The van der Waals surface area contributed by atoms with Crippen molar-refractivity contribution in [2.24, 2.45) is 0 Å². The maximum Gasteiger partial charge on any atom is 0.338 e. The van der Waals surface area contributed by atoms with E-state index in [0.29, 0.717) is 74.1 Å². The van der Waals surface area contributed by atoms with Crippen LogP contribution < -0.4 is 20.1 Å². The molecule has 0 bridgehead atoms. The molecule has 1 atom stereocenters. The standard InChI is InChI=1S/C25H37N5O6/c1-6-26-24(32)29-11-9-28(10-12-29)16-20-21(23(31)36-8-3)22(27-25(33)30(20)7-2)17-13-18(34-4)15-19(14-17)35-5/h13-15,22H,6-12,16H2,1-5H3,(H,26,32)(H,27,33)/t22-/m1/s1. The Kier molecular flexibility index (Phi) is 9.40. The number of ether oxygens (including phenoxy) is 3. The van der Waals surface area contributed by atoms with Gasteiger partial charge in [0, 0.05) is 57.6 Å². The zero-order valence-corrected chi connectivity index (χ0v) is 21.8. The minimum atomic E-state index is -0.741. The van der Waals surface area contributed by atoms with Gasteiger partial charge in [-0.2, -0.15) is 0 Å². The normalized spacial score (nSPS) is 18.6. The van der Waals surface area contributed by atoms with Gasteiger partial charge in [0.25, 0.3) is 0 Å². The van der Waals surface area contributed by atoms with Crippen molar-refractivity contribution in [3.05, 3.63) is 35.0 Å². The van der Waals surface area contributed by atoms with Crippen molar-refractivity contribution in [3.63, 3.8) is 0 Å². The second-order valence-corrected chi connectivity index (χ2v) is 8.45. The van der Waals surface area contributed by atoms with E-state index in [-0.39, 0.29) is 18.7 Å². The van der Waals surface area contributed by atoms with Gasteiger partial charge in [-0.1, -0.05) is 0 Å². The van der Waals surface area contributed by atoms with Gasteiger partial charge in [-0.05, 0) is 38.5 Å². The molecule has 1 saturated heterocycles. The molecule has 0 radical (unpaired) electrons. The molecule has 1 fully saturated rings. The molecule has 0 saturated carbocycles. The number of nitrogens with one attached hydrogen (secondary N) is 2. The van der Waals surface area contributed by atoms with Crippen molar-refractivity contribution < 1.29 is 28.6 Å². The predicted molar refractivity (Wildman–Crippen MR) is 134 cm³/mol. The van der Waals surface area contributed by atoms with Gasteiger partial charge >= 0.3 is 18.0 Å². The Morgan fingerprint density at radius 2 is 1.67 bits per heavy atom. The average molecular weight is 504 g/mol. The molecule has 2 heterocycles. The van der Waals surface area contributed by atoms with Crippen molar-refractivity contribution in [1.29, 1.82) is 0 Å². The fraction of sp³-hybridized carbons (Fsp3) is 0.560. The van der Waals surface area contributed by atoms with E-state index in [2.05, 4.69) is 15.5 Å². The Morgan fingerprint density at radius 1 is 1.03 bits per heavy atom. The number of carbonyl (C=O) groups excluding carboxylic acids is 3. The third-order valence-corrected chi connectivity index (χ3v) is 6.32. The molecular weight excluding hydrogens is 466 g/mol. The van der Waals surface area contributed by atoms with Crippen molar-refractivity contribution in [3.8, 4) is 11.5 Å². The predicted octanol–water partition coefficient (Wildman–Crippen LogP) is 1.95. The van der Waals surface area contributed by atoms with Gasteiger partial charge in [-0.3, -0.25) is 9.80 Å². The monoisotopic (exact) mass is 503 g/mol. The van der Waals surface area contributed by atoms with Crippen LogP contribution in [0.3, 0.4) is 0 Å². The van der Waals surface area contributed by atoms with Gasteiger partial charge in [-0.25, -0.2) is 14.4 Å². The van der Waals surface area contributed by atoms with E-state index < -0.39 is 12.0 Å². The Hall–Kier alpha value is -3.47.